The number of nitrogens with one attached hydrogen (secondary N) is 2. The molecule has 0 saturated carbocycles. The van der Waals surface area contributed by atoms with E-state index < -0.39 is 0 Å². The molecule has 0 atom stereocenters. The summed E-state index contributed by atoms with van der Waals surface area (Å²) in [5.41, 5.74) is 0. The topological polar surface area (TPSA) is 44.4 Å². The first-order valence-electron chi connectivity index (χ1n) is 6.75. The number of hydrogen-bond donors (Lipinski definition) is 2. The zero-order valence-corrected chi connectivity index (χ0v) is 11.6. The van der Waals surface area contributed by atoms with Crippen molar-refractivity contribution in [1.82, 2.24) is 15.5 Å². The number of rotatable bonds is 5. The standard InChI is InChI=1S/C13H27N3O/c1-10(2)14-12-5-7-16(8-6-12)9-13(17)15-11(3)4/h10-12,14H,5-9H2,1-4H3,(H,15,17). The summed E-state index contributed by atoms with van der Waals surface area (Å²) in [6.45, 7) is 11.0. The summed E-state index contributed by atoms with van der Waals surface area (Å²) in [6.07, 6.45) is 2.29. The number of nitrogens with zero attached hydrogens (tertiary/aromatic N) is 1. The molecule has 1 amide bonds. The highest BCUT2D eigenvalue weighted by Crippen LogP contribution is 2.10. The lowest BCUT2D eigenvalue weighted by Crippen LogP contribution is -2.48. The second-order valence-electron chi connectivity index (χ2n) is 5.59. The molecule has 2 N–H and O–H groups in total. The fourth-order valence-corrected chi connectivity index (χ4v) is 2.30. The van der Waals surface area contributed by atoms with Crippen molar-refractivity contribution in [3.05, 3.63) is 0 Å². The molecule has 0 spiro atoms. The fraction of sp³-hybridized carbons (Fsp3) is 0.923. The van der Waals surface area contributed by atoms with E-state index >= 15 is 0 Å². The van der Waals surface area contributed by atoms with Gasteiger partial charge in [0.15, 0.2) is 0 Å². The predicted octanol–water partition coefficient (Wildman–Crippen LogP) is 0.973. The SMILES string of the molecule is CC(C)NC(=O)CN1CCC(NC(C)C)CC1. The van der Waals surface area contributed by atoms with Gasteiger partial charge in [-0.15, -0.1) is 0 Å². The van der Waals surface area contributed by atoms with Crippen LogP contribution in [0.5, 0.6) is 0 Å². The van der Waals surface area contributed by atoms with Crippen molar-refractivity contribution < 1.29 is 4.79 Å². The van der Waals surface area contributed by atoms with Gasteiger partial charge < -0.3 is 10.6 Å². The molecule has 1 aliphatic rings. The molecule has 100 valence electrons. The summed E-state index contributed by atoms with van der Waals surface area (Å²) in [4.78, 5) is 13.9. The number of likely N-dealkylation sites (tertiary alicyclic amines) is 1. The Morgan fingerprint density at radius 2 is 1.76 bits per heavy atom. The fourth-order valence-electron chi connectivity index (χ4n) is 2.30. The van der Waals surface area contributed by atoms with Gasteiger partial charge in [-0.1, -0.05) is 13.8 Å². The van der Waals surface area contributed by atoms with Gasteiger partial charge in [0.2, 0.25) is 5.91 Å². The number of amides is 1. The lowest BCUT2D eigenvalue weighted by Gasteiger charge is -2.33. The second kappa shape index (κ2) is 6.97. The third-order valence-corrected chi connectivity index (χ3v) is 2.97. The Labute approximate surface area is 105 Å². The van der Waals surface area contributed by atoms with Crippen molar-refractivity contribution in [2.75, 3.05) is 19.6 Å². The molecule has 4 nitrogen and oxygen atoms in total. The van der Waals surface area contributed by atoms with E-state index in [9.17, 15) is 4.79 Å². The summed E-state index contributed by atoms with van der Waals surface area (Å²) in [5, 5.41) is 6.50. The van der Waals surface area contributed by atoms with E-state index in [-0.39, 0.29) is 11.9 Å². The Balaban J connectivity index is 2.20. The van der Waals surface area contributed by atoms with E-state index in [4.69, 9.17) is 0 Å². The summed E-state index contributed by atoms with van der Waals surface area (Å²) < 4.78 is 0. The minimum Gasteiger partial charge on any atom is -0.353 e. The second-order valence-corrected chi connectivity index (χ2v) is 5.59. The lowest BCUT2D eigenvalue weighted by molar-refractivity contribution is -0.123. The molecule has 0 aromatic rings. The van der Waals surface area contributed by atoms with E-state index in [0.29, 0.717) is 18.6 Å². The molecule has 0 radical (unpaired) electrons. The molecule has 1 fully saturated rings. The molecule has 1 saturated heterocycles. The van der Waals surface area contributed by atoms with Gasteiger partial charge in [0.1, 0.15) is 0 Å². The molecule has 0 aromatic carbocycles. The van der Waals surface area contributed by atoms with Crippen LogP contribution in [0.15, 0.2) is 0 Å². The number of piperidine rings is 1. The average Bonchev–Trinajstić information content (AvgIpc) is 2.18. The summed E-state index contributed by atoms with van der Waals surface area (Å²) in [7, 11) is 0. The lowest BCUT2D eigenvalue weighted by atomic mass is 10.0. The van der Waals surface area contributed by atoms with Crippen LogP contribution in [0, 0.1) is 0 Å². The van der Waals surface area contributed by atoms with Crippen molar-refractivity contribution >= 4 is 5.91 Å². The third-order valence-electron chi connectivity index (χ3n) is 2.97. The van der Waals surface area contributed by atoms with Crippen LogP contribution in [0.1, 0.15) is 40.5 Å². The molecule has 1 rings (SSSR count). The maximum absolute atomic E-state index is 11.6. The molecular weight excluding hydrogens is 214 g/mol. The highest BCUT2D eigenvalue weighted by molar-refractivity contribution is 5.78. The highest BCUT2D eigenvalue weighted by atomic mass is 16.2. The Morgan fingerprint density at radius 3 is 2.24 bits per heavy atom. The minimum atomic E-state index is 0.148. The predicted molar refractivity (Wildman–Crippen MR) is 71.0 cm³/mol. The monoisotopic (exact) mass is 241 g/mol. The van der Waals surface area contributed by atoms with E-state index in [1.165, 1.54) is 0 Å². The molecule has 0 aliphatic carbocycles. The molecular formula is C13H27N3O. The molecule has 1 aliphatic heterocycles. The van der Waals surface area contributed by atoms with E-state index in [2.05, 4.69) is 29.4 Å². The zero-order valence-electron chi connectivity index (χ0n) is 11.6. The van der Waals surface area contributed by atoms with Gasteiger partial charge in [0.25, 0.3) is 0 Å². The zero-order chi connectivity index (χ0) is 12.8. The molecule has 1 heterocycles. The number of carbonyl (C=O) groups excluding carboxylic acids is 1. The van der Waals surface area contributed by atoms with Crippen LogP contribution in [0.4, 0.5) is 0 Å². The van der Waals surface area contributed by atoms with Crippen LogP contribution in [0.2, 0.25) is 0 Å². The van der Waals surface area contributed by atoms with Gasteiger partial charge in [0.05, 0.1) is 6.54 Å². The van der Waals surface area contributed by atoms with Crippen molar-refractivity contribution in [3.8, 4) is 0 Å². The van der Waals surface area contributed by atoms with Crippen molar-refractivity contribution in [3.63, 3.8) is 0 Å². The van der Waals surface area contributed by atoms with Gasteiger partial charge >= 0.3 is 0 Å². The third kappa shape index (κ3) is 6.03. The van der Waals surface area contributed by atoms with Gasteiger partial charge in [-0.3, -0.25) is 9.69 Å². The largest absolute Gasteiger partial charge is 0.353 e. The first-order chi connectivity index (χ1) is 7.97. The van der Waals surface area contributed by atoms with E-state index in [1.807, 2.05) is 13.8 Å². The van der Waals surface area contributed by atoms with Crippen LogP contribution in [0.25, 0.3) is 0 Å². The molecule has 0 unspecified atom stereocenters. The normalized spacial score (nSPS) is 18.9. The van der Waals surface area contributed by atoms with Crippen LogP contribution in [-0.4, -0.2) is 48.6 Å². The molecule has 17 heavy (non-hydrogen) atoms. The molecule has 4 heteroatoms. The average molecular weight is 241 g/mol. The quantitative estimate of drug-likeness (QED) is 0.754. The van der Waals surface area contributed by atoms with E-state index in [0.717, 1.165) is 25.9 Å². The smallest absolute Gasteiger partial charge is 0.234 e. The van der Waals surface area contributed by atoms with Crippen LogP contribution >= 0.6 is 0 Å². The molecule has 0 bridgehead atoms. The van der Waals surface area contributed by atoms with Gasteiger partial charge in [0, 0.05) is 31.2 Å². The van der Waals surface area contributed by atoms with Crippen molar-refractivity contribution in [1.29, 1.82) is 0 Å². The number of hydrogen-bond acceptors (Lipinski definition) is 3. The molecule has 0 aromatic heterocycles. The number of carbonyl (C=O) groups is 1. The first kappa shape index (κ1) is 14.5. The Kier molecular flexibility index (Phi) is 5.92. The summed E-state index contributed by atoms with van der Waals surface area (Å²) in [5.74, 6) is 0.148. The summed E-state index contributed by atoms with van der Waals surface area (Å²) in [6, 6.07) is 1.41. The van der Waals surface area contributed by atoms with Crippen LogP contribution in [-0.2, 0) is 4.79 Å². The van der Waals surface area contributed by atoms with Crippen LogP contribution < -0.4 is 10.6 Å². The summed E-state index contributed by atoms with van der Waals surface area (Å²) >= 11 is 0. The van der Waals surface area contributed by atoms with Gasteiger partial charge in [-0.05, 0) is 26.7 Å². The Hall–Kier alpha value is -0.610. The maximum atomic E-state index is 11.6. The van der Waals surface area contributed by atoms with Gasteiger partial charge in [-0.2, -0.15) is 0 Å². The Morgan fingerprint density at radius 1 is 1.18 bits per heavy atom. The van der Waals surface area contributed by atoms with Crippen LogP contribution in [0.3, 0.4) is 0 Å². The first-order valence-corrected chi connectivity index (χ1v) is 6.75. The minimum absolute atomic E-state index is 0.148. The maximum Gasteiger partial charge on any atom is 0.234 e. The van der Waals surface area contributed by atoms with Crippen molar-refractivity contribution in [2.45, 2.75) is 58.7 Å². The van der Waals surface area contributed by atoms with E-state index in [1.54, 1.807) is 0 Å². The highest BCUT2D eigenvalue weighted by Gasteiger charge is 2.20. The van der Waals surface area contributed by atoms with Gasteiger partial charge in [-0.25, -0.2) is 0 Å². The Bertz CT molecular complexity index is 233. The van der Waals surface area contributed by atoms with Crippen molar-refractivity contribution in [2.24, 2.45) is 0 Å².